The quantitative estimate of drug-likeness (QED) is 0.736. The zero-order valence-corrected chi connectivity index (χ0v) is 8.44. The maximum absolute atomic E-state index is 9.03. The largest absolute Gasteiger partial charge is 0.468 e. The number of aliphatic hydroxyl groups is 1. The molecule has 68 valence electrons. The molecule has 3 heteroatoms. The lowest BCUT2D eigenvalue weighted by Gasteiger charge is -2.19. The third kappa shape index (κ3) is 2.29. The molecule has 0 aliphatic carbocycles. The molecule has 0 aromatic carbocycles. The van der Waals surface area contributed by atoms with E-state index in [1.807, 2.05) is 26.8 Å². The van der Waals surface area contributed by atoms with Crippen molar-refractivity contribution in [3.05, 3.63) is 18.1 Å². The normalized spacial score (nSPS) is 12.0. The molecular weight excluding hydrogens is 172 g/mol. The van der Waals surface area contributed by atoms with E-state index in [0.717, 1.165) is 10.7 Å². The van der Waals surface area contributed by atoms with Gasteiger partial charge in [-0.2, -0.15) is 0 Å². The predicted molar refractivity (Wildman–Crippen MR) is 50.5 cm³/mol. The Labute approximate surface area is 77.0 Å². The third-order valence-electron chi connectivity index (χ3n) is 1.58. The maximum atomic E-state index is 9.03. The van der Waals surface area contributed by atoms with Gasteiger partial charge in [0.1, 0.15) is 5.76 Å². The van der Waals surface area contributed by atoms with Crippen molar-refractivity contribution < 1.29 is 9.52 Å². The van der Waals surface area contributed by atoms with Crippen molar-refractivity contribution >= 4 is 11.8 Å². The van der Waals surface area contributed by atoms with Crippen LogP contribution >= 0.6 is 11.8 Å². The summed E-state index contributed by atoms with van der Waals surface area (Å²) >= 11 is 1.64. The zero-order valence-electron chi connectivity index (χ0n) is 7.63. The van der Waals surface area contributed by atoms with E-state index in [9.17, 15) is 0 Å². The second kappa shape index (κ2) is 3.54. The molecule has 0 spiro atoms. The highest BCUT2D eigenvalue weighted by Crippen LogP contribution is 2.34. The van der Waals surface area contributed by atoms with E-state index in [1.54, 1.807) is 18.0 Å². The van der Waals surface area contributed by atoms with E-state index in [-0.39, 0.29) is 11.4 Å². The van der Waals surface area contributed by atoms with E-state index in [1.165, 1.54) is 0 Å². The number of rotatable bonds is 3. The minimum atomic E-state index is -0.130. The Morgan fingerprint density at radius 1 is 1.58 bits per heavy atom. The SMILES string of the molecule is Cc1occc1SC(C)(C)CO. The molecule has 2 nitrogen and oxygen atoms in total. The van der Waals surface area contributed by atoms with Crippen LogP contribution in [0, 0.1) is 6.92 Å². The fraction of sp³-hybridized carbons (Fsp3) is 0.556. The molecule has 0 saturated heterocycles. The van der Waals surface area contributed by atoms with Crippen molar-refractivity contribution in [1.82, 2.24) is 0 Å². The molecule has 1 N–H and O–H groups in total. The van der Waals surface area contributed by atoms with Crippen LogP contribution in [0.3, 0.4) is 0 Å². The van der Waals surface area contributed by atoms with E-state index in [2.05, 4.69) is 0 Å². The number of furan rings is 1. The zero-order chi connectivity index (χ0) is 9.19. The van der Waals surface area contributed by atoms with Crippen molar-refractivity contribution in [3.63, 3.8) is 0 Å². The Balaban J connectivity index is 2.70. The Bertz CT molecular complexity index is 253. The Morgan fingerprint density at radius 3 is 2.67 bits per heavy atom. The van der Waals surface area contributed by atoms with Gasteiger partial charge in [-0.15, -0.1) is 11.8 Å². The first-order chi connectivity index (χ1) is 5.55. The number of aryl methyl sites for hydroxylation is 1. The van der Waals surface area contributed by atoms with Gasteiger partial charge in [0.05, 0.1) is 12.9 Å². The van der Waals surface area contributed by atoms with Crippen molar-refractivity contribution in [2.45, 2.75) is 30.4 Å². The van der Waals surface area contributed by atoms with E-state index in [0.29, 0.717) is 0 Å². The highest BCUT2D eigenvalue weighted by molar-refractivity contribution is 8.00. The van der Waals surface area contributed by atoms with Gasteiger partial charge in [0.2, 0.25) is 0 Å². The number of hydrogen-bond donors (Lipinski definition) is 1. The molecule has 0 saturated carbocycles. The molecule has 12 heavy (non-hydrogen) atoms. The molecule has 0 aliphatic rings. The van der Waals surface area contributed by atoms with Crippen molar-refractivity contribution in [1.29, 1.82) is 0 Å². The van der Waals surface area contributed by atoms with Crippen molar-refractivity contribution in [2.24, 2.45) is 0 Å². The molecule has 0 fully saturated rings. The summed E-state index contributed by atoms with van der Waals surface area (Å²) in [6, 6.07) is 1.93. The lowest BCUT2D eigenvalue weighted by Crippen LogP contribution is -2.19. The van der Waals surface area contributed by atoms with Crippen molar-refractivity contribution in [2.75, 3.05) is 6.61 Å². The smallest absolute Gasteiger partial charge is 0.114 e. The molecule has 0 radical (unpaired) electrons. The van der Waals surface area contributed by atoms with Crippen LogP contribution in [-0.4, -0.2) is 16.5 Å². The minimum Gasteiger partial charge on any atom is -0.468 e. The summed E-state index contributed by atoms with van der Waals surface area (Å²) in [5.41, 5.74) is 0. The van der Waals surface area contributed by atoms with Crippen LogP contribution < -0.4 is 0 Å². The molecule has 1 heterocycles. The van der Waals surface area contributed by atoms with Gasteiger partial charge in [-0.3, -0.25) is 0 Å². The highest BCUT2D eigenvalue weighted by Gasteiger charge is 2.19. The van der Waals surface area contributed by atoms with Gasteiger partial charge in [-0.25, -0.2) is 0 Å². The van der Waals surface area contributed by atoms with Crippen LogP contribution in [0.4, 0.5) is 0 Å². The summed E-state index contributed by atoms with van der Waals surface area (Å²) in [5.74, 6) is 0.918. The fourth-order valence-corrected chi connectivity index (χ4v) is 1.78. The summed E-state index contributed by atoms with van der Waals surface area (Å²) in [7, 11) is 0. The second-order valence-electron chi connectivity index (χ2n) is 3.36. The maximum Gasteiger partial charge on any atom is 0.114 e. The monoisotopic (exact) mass is 186 g/mol. The first-order valence-corrected chi connectivity index (χ1v) is 4.71. The van der Waals surface area contributed by atoms with Gasteiger partial charge >= 0.3 is 0 Å². The lowest BCUT2D eigenvalue weighted by atomic mass is 10.2. The predicted octanol–water partition coefficient (Wildman–Crippen LogP) is 2.45. The molecule has 1 aromatic heterocycles. The molecule has 0 atom stereocenters. The number of aliphatic hydroxyl groups excluding tert-OH is 1. The Hall–Kier alpha value is -0.410. The molecule has 1 rings (SSSR count). The molecule has 1 aromatic rings. The van der Waals surface area contributed by atoms with Gasteiger partial charge < -0.3 is 9.52 Å². The van der Waals surface area contributed by atoms with Crippen LogP contribution in [0.25, 0.3) is 0 Å². The van der Waals surface area contributed by atoms with E-state index in [4.69, 9.17) is 9.52 Å². The summed E-state index contributed by atoms with van der Waals surface area (Å²) in [6.45, 7) is 6.10. The molecular formula is C9H14O2S. The van der Waals surface area contributed by atoms with Gasteiger partial charge in [-0.05, 0) is 26.8 Å². The topological polar surface area (TPSA) is 33.4 Å². The van der Waals surface area contributed by atoms with Gasteiger partial charge in [-0.1, -0.05) is 0 Å². The van der Waals surface area contributed by atoms with E-state index < -0.39 is 0 Å². The highest BCUT2D eigenvalue weighted by atomic mass is 32.2. The first-order valence-electron chi connectivity index (χ1n) is 3.89. The standard InChI is InChI=1S/C9H14O2S/c1-7-8(4-5-11-7)12-9(2,3)6-10/h4-5,10H,6H2,1-3H3. The molecule has 0 amide bonds. The molecule has 0 bridgehead atoms. The summed E-state index contributed by atoms with van der Waals surface area (Å²) < 4.78 is 5.02. The number of thioether (sulfide) groups is 1. The average Bonchev–Trinajstić information content (AvgIpc) is 2.36. The van der Waals surface area contributed by atoms with Crippen LogP contribution in [0.15, 0.2) is 21.6 Å². The Kier molecular flexibility index (Phi) is 2.85. The molecule has 0 aliphatic heterocycles. The van der Waals surface area contributed by atoms with Gasteiger partial charge in [0.25, 0.3) is 0 Å². The van der Waals surface area contributed by atoms with Crippen molar-refractivity contribution in [3.8, 4) is 0 Å². The van der Waals surface area contributed by atoms with Gasteiger partial charge in [0, 0.05) is 9.64 Å². The summed E-state index contributed by atoms with van der Waals surface area (Å²) in [6.07, 6.45) is 1.67. The fourth-order valence-electron chi connectivity index (χ4n) is 0.809. The van der Waals surface area contributed by atoms with Crippen LogP contribution in [0.5, 0.6) is 0 Å². The third-order valence-corrected chi connectivity index (χ3v) is 2.90. The Morgan fingerprint density at radius 2 is 2.25 bits per heavy atom. The van der Waals surface area contributed by atoms with Gasteiger partial charge in [0.15, 0.2) is 0 Å². The van der Waals surface area contributed by atoms with Crippen LogP contribution in [0.2, 0.25) is 0 Å². The first kappa shape index (κ1) is 9.68. The van der Waals surface area contributed by atoms with E-state index >= 15 is 0 Å². The average molecular weight is 186 g/mol. The second-order valence-corrected chi connectivity index (χ2v) is 5.11. The minimum absolute atomic E-state index is 0.130. The van der Waals surface area contributed by atoms with Crippen LogP contribution in [0.1, 0.15) is 19.6 Å². The lowest BCUT2D eigenvalue weighted by molar-refractivity contribution is 0.265. The summed E-state index contributed by atoms with van der Waals surface area (Å²) in [4.78, 5) is 1.11. The molecule has 0 unspecified atom stereocenters. The summed E-state index contributed by atoms with van der Waals surface area (Å²) in [5, 5.41) is 9.03. The number of hydrogen-bond acceptors (Lipinski definition) is 3. The van der Waals surface area contributed by atoms with Crippen LogP contribution in [-0.2, 0) is 0 Å².